The Balaban J connectivity index is 0.00000169. The van der Waals surface area contributed by atoms with E-state index >= 15 is 0 Å². The normalized spacial score (nSPS) is 11.2. The molecule has 0 heterocycles. The average Bonchev–Trinajstić information content (AvgIpc) is 2.95. The molecule has 120 valence electrons. The number of rotatable bonds is 2. The molecule has 3 nitrogen and oxygen atoms in total. The van der Waals surface area contributed by atoms with Crippen LogP contribution in [0.1, 0.15) is 11.1 Å². The quantitative estimate of drug-likeness (QED) is 0.206. The van der Waals surface area contributed by atoms with Crippen LogP contribution in [0.4, 0.5) is 11.4 Å². The Labute approximate surface area is 160 Å². The zero-order valence-electron chi connectivity index (χ0n) is 12.6. The second kappa shape index (κ2) is 6.83. The highest BCUT2D eigenvalue weighted by Gasteiger charge is 2.12. The van der Waals surface area contributed by atoms with Crippen LogP contribution < -0.4 is 10.6 Å². The summed E-state index contributed by atoms with van der Waals surface area (Å²) >= 11 is 2.26. The molecule has 0 atom stereocenters. The fraction of sp³-hybridized carbons (Fsp3) is 0. The molecule has 3 aromatic rings. The van der Waals surface area contributed by atoms with E-state index in [-0.39, 0.29) is 18.4 Å². The first-order valence-electron chi connectivity index (χ1n) is 7.33. The summed E-state index contributed by atoms with van der Waals surface area (Å²) in [5, 5.41) is 16.8. The second-order valence-corrected chi connectivity index (χ2v) is 6.69. The molecule has 5 heteroatoms. The van der Waals surface area contributed by atoms with Crippen LogP contribution in [-0.4, -0.2) is 5.96 Å². The molecule has 0 spiro atoms. The van der Waals surface area contributed by atoms with E-state index in [9.17, 15) is 0 Å². The smallest absolute Gasteiger partial charge is 0.197 e. The summed E-state index contributed by atoms with van der Waals surface area (Å²) in [5.41, 5.74) is 4.32. The van der Waals surface area contributed by atoms with Gasteiger partial charge >= 0.3 is 0 Å². The predicted molar refractivity (Wildman–Crippen MR) is 114 cm³/mol. The summed E-state index contributed by atoms with van der Waals surface area (Å²) in [6.45, 7) is 0. The first-order valence-corrected chi connectivity index (χ1v) is 8.40. The van der Waals surface area contributed by atoms with Gasteiger partial charge in [0.1, 0.15) is 0 Å². The molecular formula is C19H15ClIN3. The van der Waals surface area contributed by atoms with E-state index in [2.05, 4.69) is 69.6 Å². The van der Waals surface area contributed by atoms with E-state index in [1.54, 1.807) is 0 Å². The van der Waals surface area contributed by atoms with Crippen molar-refractivity contribution in [2.75, 3.05) is 10.6 Å². The van der Waals surface area contributed by atoms with Crippen LogP contribution in [0.15, 0.2) is 54.6 Å². The maximum Gasteiger partial charge on any atom is 0.197 e. The van der Waals surface area contributed by atoms with Gasteiger partial charge in [0, 0.05) is 20.3 Å². The zero-order chi connectivity index (χ0) is 15.8. The highest BCUT2D eigenvalue weighted by atomic mass is 127. The fourth-order valence-electron chi connectivity index (χ4n) is 2.91. The summed E-state index contributed by atoms with van der Waals surface area (Å²) in [6, 6.07) is 18.4. The second-order valence-electron chi connectivity index (χ2n) is 5.44. The van der Waals surface area contributed by atoms with Gasteiger partial charge in [0.15, 0.2) is 5.96 Å². The fourth-order valence-corrected chi connectivity index (χ4v) is 3.45. The first kappa shape index (κ1) is 16.8. The van der Waals surface area contributed by atoms with Gasteiger partial charge in [0.05, 0.1) is 0 Å². The molecule has 1 aliphatic rings. The van der Waals surface area contributed by atoms with Gasteiger partial charge in [-0.2, -0.15) is 0 Å². The molecule has 0 aromatic heterocycles. The molecule has 1 aliphatic carbocycles. The van der Waals surface area contributed by atoms with E-state index in [0.29, 0.717) is 0 Å². The van der Waals surface area contributed by atoms with Crippen LogP contribution in [0, 0.1) is 8.98 Å². The molecule has 0 saturated carbocycles. The van der Waals surface area contributed by atoms with Gasteiger partial charge in [-0.1, -0.05) is 42.5 Å². The molecule has 3 N–H and O–H groups in total. The number of guanidine groups is 1. The number of hydrogen-bond acceptors (Lipinski definition) is 1. The van der Waals surface area contributed by atoms with Gasteiger partial charge in [-0.25, -0.2) is 0 Å². The Morgan fingerprint density at radius 1 is 0.875 bits per heavy atom. The van der Waals surface area contributed by atoms with Crippen molar-refractivity contribution in [1.82, 2.24) is 0 Å². The van der Waals surface area contributed by atoms with Crippen molar-refractivity contribution < 1.29 is 0 Å². The third kappa shape index (κ3) is 3.12. The maximum absolute atomic E-state index is 8.19. The van der Waals surface area contributed by atoms with Gasteiger partial charge in [-0.3, -0.25) is 5.41 Å². The van der Waals surface area contributed by atoms with E-state index in [1.165, 1.54) is 16.5 Å². The van der Waals surface area contributed by atoms with Crippen molar-refractivity contribution in [1.29, 1.82) is 5.41 Å². The average molecular weight is 448 g/mol. The molecule has 4 rings (SSSR count). The molecule has 0 amide bonds. The van der Waals surface area contributed by atoms with Crippen molar-refractivity contribution in [2.45, 2.75) is 0 Å². The summed E-state index contributed by atoms with van der Waals surface area (Å²) in [6.07, 6.45) is 4.27. The topological polar surface area (TPSA) is 47.9 Å². The number of nitrogens with one attached hydrogen (secondary N) is 3. The predicted octanol–water partition coefficient (Wildman–Crippen LogP) is 5.81. The first-order chi connectivity index (χ1) is 11.2. The van der Waals surface area contributed by atoms with Gasteiger partial charge in [0.25, 0.3) is 0 Å². The number of benzene rings is 3. The van der Waals surface area contributed by atoms with Crippen LogP contribution >= 0.6 is 35.0 Å². The van der Waals surface area contributed by atoms with Crippen molar-refractivity contribution in [3.05, 3.63) is 69.3 Å². The summed E-state index contributed by atoms with van der Waals surface area (Å²) in [7, 11) is 0. The molecule has 0 saturated heterocycles. The van der Waals surface area contributed by atoms with Gasteiger partial charge in [-0.05, 0) is 63.4 Å². The standard InChI is InChI=1S/C19H14IN3.ClH/c20-14-4-2-5-15(11-14)22-19(21)23-17-10-9-13-8-7-12-3-1-6-16(17)18(12)13;/h1-11H,(H3,21,22,23);1H. The highest BCUT2D eigenvalue weighted by Crippen LogP contribution is 2.35. The van der Waals surface area contributed by atoms with Crippen LogP contribution in [0.3, 0.4) is 0 Å². The minimum absolute atomic E-state index is 0. The summed E-state index contributed by atoms with van der Waals surface area (Å²) in [4.78, 5) is 0. The maximum atomic E-state index is 8.19. The summed E-state index contributed by atoms with van der Waals surface area (Å²) < 4.78 is 1.14. The molecule has 0 unspecified atom stereocenters. The molecule has 0 bridgehead atoms. The molecule has 3 aromatic carbocycles. The molecule has 0 fully saturated rings. The number of halogens is 2. The van der Waals surface area contributed by atoms with E-state index in [1.807, 2.05) is 30.3 Å². The monoisotopic (exact) mass is 447 g/mol. The Kier molecular flexibility index (Phi) is 4.78. The third-order valence-corrected chi connectivity index (χ3v) is 4.57. The third-order valence-electron chi connectivity index (χ3n) is 3.90. The van der Waals surface area contributed by atoms with Gasteiger partial charge < -0.3 is 10.6 Å². The minimum atomic E-state index is 0. The Morgan fingerprint density at radius 2 is 1.62 bits per heavy atom. The lowest BCUT2D eigenvalue weighted by atomic mass is 10.0. The molecule has 0 radical (unpaired) electrons. The Hall–Kier alpha value is -2.05. The largest absolute Gasteiger partial charge is 0.326 e. The minimum Gasteiger partial charge on any atom is -0.326 e. The van der Waals surface area contributed by atoms with Crippen molar-refractivity contribution in [3.8, 4) is 0 Å². The van der Waals surface area contributed by atoms with E-state index in [0.717, 1.165) is 20.3 Å². The van der Waals surface area contributed by atoms with Crippen LogP contribution in [0.5, 0.6) is 0 Å². The van der Waals surface area contributed by atoms with Gasteiger partial charge in [-0.15, -0.1) is 12.4 Å². The molecule has 24 heavy (non-hydrogen) atoms. The number of hydrogen-bond donors (Lipinski definition) is 3. The Morgan fingerprint density at radius 3 is 2.42 bits per heavy atom. The molecule has 0 aliphatic heterocycles. The van der Waals surface area contributed by atoms with E-state index in [4.69, 9.17) is 5.41 Å². The van der Waals surface area contributed by atoms with Crippen LogP contribution in [0.2, 0.25) is 0 Å². The SMILES string of the molecule is Cl.N=C(Nc1cccc(I)c1)Nc1ccc2c3c(cccc13)C=C2. The van der Waals surface area contributed by atoms with Crippen molar-refractivity contribution in [3.63, 3.8) is 0 Å². The van der Waals surface area contributed by atoms with Crippen LogP contribution in [-0.2, 0) is 0 Å². The Bertz CT molecular complexity index is 954. The highest BCUT2D eigenvalue weighted by molar-refractivity contribution is 14.1. The van der Waals surface area contributed by atoms with Gasteiger partial charge in [0.2, 0.25) is 0 Å². The molecular weight excluding hydrogens is 433 g/mol. The zero-order valence-corrected chi connectivity index (χ0v) is 15.6. The number of anilines is 2. The lowest BCUT2D eigenvalue weighted by Gasteiger charge is -2.14. The van der Waals surface area contributed by atoms with Crippen molar-refractivity contribution >= 4 is 75.3 Å². The van der Waals surface area contributed by atoms with E-state index < -0.39 is 0 Å². The van der Waals surface area contributed by atoms with Crippen LogP contribution in [0.25, 0.3) is 22.9 Å². The lowest BCUT2D eigenvalue weighted by Crippen LogP contribution is -2.20. The van der Waals surface area contributed by atoms with Crippen molar-refractivity contribution in [2.24, 2.45) is 0 Å². The summed E-state index contributed by atoms with van der Waals surface area (Å²) in [5.74, 6) is 0.263. The lowest BCUT2D eigenvalue weighted by molar-refractivity contribution is 1.43.